The normalized spacial score (nSPS) is 14.6. The van der Waals surface area contributed by atoms with Crippen LogP contribution in [0.3, 0.4) is 0 Å². The number of benzene rings is 2. The van der Waals surface area contributed by atoms with E-state index in [9.17, 15) is 14.9 Å². The molecule has 3 aromatic rings. The number of esters is 1. The van der Waals surface area contributed by atoms with E-state index in [0.29, 0.717) is 26.2 Å². The van der Waals surface area contributed by atoms with E-state index in [1.165, 1.54) is 24.5 Å². The Morgan fingerprint density at radius 1 is 1.23 bits per heavy atom. The van der Waals surface area contributed by atoms with Crippen molar-refractivity contribution in [3.05, 3.63) is 79.7 Å². The maximum atomic E-state index is 12.2. The maximum Gasteiger partial charge on any atom is 0.363 e. The smallest absolute Gasteiger partial charge is 0.363 e. The van der Waals surface area contributed by atoms with Crippen LogP contribution >= 0.6 is 35.0 Å². The van der Waals surface area contributed by atoms with Crippen LogP contribution in [0.5, 0.6) is 0 Å². The van der Waals surface area contributed by atoms with Crippen LogP contribution < -0.4 is 0 Å². The first-order chi connectivity index (χ1) is 14.8. The number of carbonyl (C=O) groups excluding carboxylic acids is 1. The number of aryl methyl sites for hydroxylation is 1. The quantitative estimate of drug-likeness (QED) is 0.230. The van der Waals surface area contributed by atoms with Gasteiger partial charge in [-0.3, -0.25) is 10.1 Å². The fourth-order valence-corrected chi connectivity index (χ4v) is 4.00. The average Bonchev–Trinajstić information content (AvgIpc) is 3.28. The topological polar surface area (TPSA) is 113 Å². The predicted molar refractivity (Wildman–Crippen MR) is 115 cm³/mol. The monoisotopic (exact) mass is 475 g/mol. The minimum Gasteiger partial charge on any atom is -0.402 e. The molecule has 0 saturated carbocycles. The van der Waals surface area contributed by atoms with Gasteiger partial charge in [0.15, 0.2) is 10.9 Å². The standard InChI is InChI=1S/C19H11Cl2N5O4S/c1-25-9-22-24-19(25)31-16-5-2-10(7-15(16)26(28)29)6-14-18(27)30-17(23-14)12-4-3-11(20)8-13(12)21/h2-9H,1H3/b14-6+. The third-order valence-electron chi connectivity index (χ3n) is 4.14. The molecule has 0 saturated heterocycles. The second kappa shape index (κ2) is 8.50. The summed E-state index contributed by atoms with van der Waals surface area (Å²) in [7, 11) is 1.74. The van der Waals surface area contributed by atoms with E-state index in [1.807, 2.05) is 0 Å². The van der Waals surface area contributed by atoms with Gasteiger partial charge in [-0.15, -0.1) is 10.2 Å². The van der Waals surface area contributed by atoms with Crippen LogP contribution in [-0.2, 0) is 16.6 Å². The maximum absolute atomic E-state index is 12.2. The number of halogens is 2. The Bertz CT molecular complexity index is 1290. The van der Waals surface area contributed by atoms with Gasteiger partial charge in [0.1, 0.15) is 6.33 Å². The second-order valence-electron chi connectivity index (χ2n) is 6.27. The van der Waals surface area contributed by atoms with E-state index in [0.717, 1.165) is 11.8 Å². The Labute approximate surface area is 189 Å². The molecular formula is C19H11Cl2N5O4S. The van der Waals surface area contributed by atoms with Crippen molar-refractivity contribution in [3.8, 4) is 0 Å². The molecule has 0 atom stereocenters. The highest BCUT2D eigenvalue weighted by Gasteiger charge is 2.26. The molecule has 4 rings (SSSR count). The Morgan fingerprint density at radius 3 is 2.71 bits per heavy atom. The number of nitro benzene ring substituents is 1. The van der Waals surface area contributed by atoms with Crippen LogP contribution in [0.15, 0.2) is 63.5 Å². The summed E-state index contributed by atoms with van der Waals surface area (Å²) in [5, 5.41) is 20.5. The average molecular weight is 476 g/mol. The molecule has 1 aromatic heterocycles. The third kappa shape index (κ3) is 4.46. The third-order valence-corrected chi connectivity index (χ3v) is 5.80. The highest BCUT2D eigenvalue weighted by Crippen LogP contribution is 2.35. The Balaban J connectivity index is 1.67. The molecule has 156 valence electrons. The van der Waals surface area contributed by atoms with Gasteiger partial charge in [-0.25, -0.2) is 9.79 Å². The molecule has 1 aliphatic rings. The highest BCUT2D eigenvalue weighted by atomic mass is 35.5. The van der Waals surface area contributed by atoms with Crippen LogP contribution in [0, 0.1) is 10.1 Å². The summed E-state index contributed by atoms with van der Waals surface area (Å²) >= 11 is 13.1. The number of hydrogen-bond acceptors (Lipinski definition) is 8. The Hall–Kier alpha value is -3.21. The van der Waals surface area contributed by atoms with Gasteiger partial charge in [-0.05, 0) is 47.7 Å². The lowest BCUT2D eigenvalue weighted by atomic mass is 10.1. The molecule has 31 heavy (non-hydrogen) atoms. The van der Waals surface area contributed by atoms with Gasteiger partial charge >= 0.3 is 5.97 Å². The Kier molecular flexibility index (Phi) is 5.77. The van der Waals surface area contributed by atoms with Crippen molar-refractivity contribution < 1.29 is 14.5 Å². The fourth-order valence-electron chi connectivity index (χ4n) is 2.66. The van der Waals surface area contributed by atoms with Crippen molar-refractivity contribution in [1.29, 1.82) is 0 Å². The lowest BCUT2D eigenvalue weighted by Crippen LogP contribution is -2.05. The minimum absolute atomic E-state index is 0.0102. The summed E-state index contributed by atoms with van der Waals surface area (Å²) in [5.74, 6) is -0.664. The molecule has 0 bridgehead atoms. The molecule has 0 unspecified atom stereocenters. The number of nitro groups is 1. The van der Waals surface area contributed by atoms with Crippen LogP contribution in [0.1, 0.15) is 11.1 Å². The van der Waals surface area contributed by atoms with Gasteiger partial charge in [0, 0.05) is 18.1 Å². The van der Waals surface area contributed by atoms with Gasteiger partial charge < -0.3 is 9.30 Å². The van der Waals surface area contributed by atoms with Crippen LogP contribution in [0.25, 0.3) is 6.08 Å². The number of aromatic nitrogens is 3. The van der Waals surface area contributed by atoms with Crippen molar-refractivity contribution in [1.82, 2.24) is 14.8 Å². The summed E-state index contributed by atoms with van der Waals surface area (Å²) in [6, 6.07) is 9.25. The molecule has 0 radical (unpaired) electrons. The number of carbonyl (C=O) groups is 1. The zero-order valence-electron chi connectivity index (χ0n) is 15.7. The summed E-state index contributed by atoms with van der Waals surface area (Å²) < 4.78 is 6.85. The fraction of sp³-hybridized carbons (Fsp3) is 0.0526. The van der Waals surface area contributed by atoms with Gasteiger partial charge in [0.2, 0.25) is 5.90 Å². The zero-order chi connectivity index (χ0) is 22.1. The van der Waals surface area contributed by atoms with Crippen molar-refractivity contribution in [2.45, 2.75) is 10.1 Å². The molecule has 12 heteroatoms. The zero-order valence-corrected chi connectivity index (χ0v) is 18.0. The van der Waals surface area contributed by atoms with Crippen molar-refractivity contribution in [2.24, 2.45) is 12.0 Å². The molecule has 0 fully saturated rings. The first kappa shape index (κ1) is 21.0. The number of rotatable bonds is 5. The van der Waals surface area contributed by atoms with E-state index in [2.05, 4.69) is 15.2 Å². The van der Waals surface area contributed by atoms with E-state index in [1.54, 1.807) is 35.9 Å². The van der Waals surface area contributed by atoms with E-state index in [-0.39, 0.29) is 22.3 Å². The molecule has 1 aliphatic heterocycles. The first-order valence-electron chi connectivity index (χ1n) is 8.60. The van der Waals surface area contributed by atoms with E-state index >= 15 is 0 Å². The van der Waals surface area contributed by atoms with Crippen molar-refractivity contribution >= 4 is 58.6 Å². The molecule has 0 aliphatic carbocycles. The van der Waals surface area contributed by atoms with E-state index in [4.69, 9.17) is 27.9 Å². The second-order valence-corrected chi connectivity index (χ2v) is 8.12. The summed E-state index contributed by atoms with van der Waals surface area (Å²) in [6.07, 6.45) is 2.91. The van der Waals surface area contributed by atoms with Crippen molar-refractivity contribution in [2.75, 3.05) is 0 Å². The largest absolute Gasteiger partial charge is 0.402 e. The lowest BCUT2D eigenvalue weighted by Gasteiger charge is -2.03. The van der Waals surface area contributed by atoms with Gasteiger partial charge in [-0.2, -0.15) is 0 Å². The van der Waals surface area contributed by atoms with E-state index < -0.39 is 10.9 Å². The number of cyclic esters (lactones) is 1. The highest BCUT2D eigenvalue weighted by molar-refractivity contribution is 7.99. The SMILES string of the molecule is Cn1cnnc1Sc1ccc(/C=C2/N=C(c3ccc(Cl)cc3Cl)OC2=O)cc1[N+](=O)[O-]. The van der Waals surface area contributed by atoms with Crippen LogP contribution in [0.2, 0.25) is 10.0 Å². The first-order valence-corrected chi connectivity index (χ1v) is 10.2. The summed E-state index contributed by atoms with van der Waals surface area (Å²) in [4.78, 5) is 27.9. The number of ether oxygens (including phenoxy) is 1. The van der Waals surface area contributed by atoms with Crippen molar-refractivity contribution in [3.63, 3.8) is 0 Å². The lowest BCUT2D eigenvalue weighted by molar-refractivity contribution is -0.387. The molecule has 2 heterocycles. The molecule has 2 aromatic carbocycles. The minimum atomic E-state index is -0.693. The summed E-state index contributed by atoms with van der Waals surface area (Å²) in [5.41, 5.74) is 0.667. The molecule has 0 amide bonds. The number of aliphatic imine (C=N–C) groups is 1. The Morgan fingerprint density at radius 2 is 2.03 bits per heavy atom. The van der Waals surface area contributed by atoms with Gasteiger partial charge in [-0.1, -0.05) is 29.3 Å². The number of nitrogens with zero attached hydrogens (tertiary/aromatic N) is 5. The predicted octanol–water partition coefficient (Wildman–Crippen LogP) is 4.53. The summed E-state index contributed by atoms with van der Waals surface area (Å²) in [6.45, 7) is 0. The van der Waals surface area contributed by atoms with Gasteiger partial charge in [0.25, 0.3) is 5.69 Å². The van der Waals surface area contributed by atoms with Gasteiger partial charge in [0.05, 0.1) is 20.4 Å². The molecule has 9 nitrogen and oxygen atoms in total. The van der Waals surface area contributed by atoms with Crippen LogP contribution in [0.4, 0.5) is 5.69 Å². The van der Waals surface area contributed by atoms with Crippen LogP contribution in [-0.4, -0.2) is 31.6 Å². The molecular weight excluding hydrogens is 465 g/mol. The molecule has 0 spiro atoms. The number of hydrogen-bond donors (Lipinski definition) is 0. The molecule has 0 N–H and O–H groups in total.